The summed E-state index contributed by atoms with van der Waals surface area (Å²) >= 11 is 0. The lowest BCUT2D eigenvalue weighted by molar-refractivity contribution is -0.142. The third kappa shape index (κ3) is 4.00. The molecular formula is C12H23N3O2. The Balaban J connectivity index is 2.52. The molecule has 1 rings (SSSR count). The van der Waals surface area contributed by atoms with E-state index in [1.807, 2.05) is 13.8 Å². The minimum Gasteiger partial charge on any atom is -0.354 e. The quantitative estimate of drug-likeness (QED) is 0.733. The number of nitrogens with two attached hydrogens (primary N) is 1. The molecule has 0 aromatic rings. The highest BCUT2D eigenvalue weighted by Crippen LogP contribution is 2.13. The van der Waals surface area contributed by atoms with E-state index < -0.39 is 6.04 Å². The molecule has 1 fully saturated rings. The molecule has 0 bridgehead atoms. The van der Waals surface area contributed by atoms with Crippen LogP contribution in [-0.2, 0) is 9.59 Å². The fourth-order valence-electron chi connectivity index (χ4n) is 1.87. The molecule has 0 radical (unpaired) electrons. The van der Waals surface area contributed by atoms with Gasteiger partial charge in [0.25, 0.3) is 0 Å². The summed E-state index contributed by atoms with van der Waals surface area (Å²) in [5.41, 5.74) is 5.82. The monoisotopic (exact) mass is 241 g/mol. The molecular weight excluding hydrogens is 218 g/mol. The molecule has 1 aliphatic rings. The Kier molecular flexibility index (Phi) is 4.93. The second kappa shape index (κ2) is 6.00. The van der Waals surface area contributed by atoms with E-state index in [4.69, 9.17) is 5.73 Å². The summed E-state index contributed by atoms with van der Waals surface area (Å²) in [5.74, 6) is 0.338. The molecule has 0 aromatic heterocycles. The average molecular weight is 241 g/mol. The molecule has 5 nitrogen and oxygen atoms in total. The van der Waals surface area contributed by atoms with Crippen LogP contribution < -0.4 is 11.1 Å². The van der Waals surface area contributed by atoms with Gasteiger partial charge in [-0.15, -0.1) is 0 Å². The Morgan fingerprint density at radius 3 is 2.76 bits per heavy atom. The molecule has 0 aromatic carbocycles. The lowest BCUT2D eigenvalue weighted by atomic mass is 10.0. The van der Waals surface area contributed by atoms with Crippen LogP contribution in [-0.4, -0.2) is 41.9 Å². The van der Waals surface area contributed by atoms with Gasteiger partial charge in [0.1, 0.15) is 6.04 Å². The Labute approximate surface area is 103 Å². The highest BCUT2D eigenvalue weighted by molar-refractivity contribution is 5.87. The maximum absolute atomic E-state index is 11.9. The van der Waals surface area contributed by atoms with Crippen LogP contribution in [0.1, 0.15) is 33.6 Å². The molecule has 1 heterocycles. The molecule has 0 unspecified atom stereocenters. The lowest BCUT2D eigenvalue weighted by Crippen LogP contribution is -2.54. The van der Waals surface area contributed by atoms with Crippen molar-refractivity contribution in [2.24, 2.45) is 11.7 Å². The number of carbonyl (C=O) groups excluding carboxylic acids is 2. The van der Waals surface area contributed by atoms with E-state index in [1.165, 1.54) is 0 Å². The second-order valence-corrected chi connectivity index (χ2v) is 5.16. The van der Waals surface area contributed by atoms with E-state index in [9.17, 15) is 9.59 Å². The smallest absolute Gasteiger partial charge is 0.242 e. The van der Waals surface area contributed by atoms with Gasteiger partial charge in [-0.2, -0.15) is 0 Å². The predicted octanol–water partition coefficient (Wildman–Crippen LogP) is 0.0968. The maximum Gasteiger partial charge on any atom is 0.242 e. The van der Waals surface area contributed by atoms with Gasteiger partial charge in [-0.25, -0.2) is 0 Å². The summed E-state index contributed by atoms with van der Waals surface area (Å²) in [6, 6.07) is -0.430. The van der Waals surface area contributed by atoms with Crippen LogP contribution in [0.5, 0.6) is 0 Å². The van der Waals surface area contributed by atoms with E-state index in [-0.39, 0.29) is 17.9 Å². The number of likely N-dealkylation sites (tertiary alicyclic amines) is 1. The number of nitrogens with zero attached hydrogens (tertiary/aromatic N) is 1. The minimum absolute atomic E-state index is 0.00644. The highest BCUT2D eigenvalue weighted by atomic mass is 16.2. The summed E-state index contributed by atoms with van der Waals surface area (Å²) in [4.78, 5) is 25.2. The van der Waals surface area contributed by atoms with Gasteiger partial charge in [0.15, 0.2) is 0 Å². The topological polar surface area (TPSA) is 75.4 Å². The summed E-state index contributed by atoms with van der Waals surface area (Å²) < 4.78 is 0. The zero-order chi connectivity index (χ0) is 13.0. The Bertz CT molecular complexity index is 291. The molecule has 0 saturated carbocycles. The molecule has 2 amide bonds. The summed E-state index contributed by atoms with van der Waals surface area (Å²) in [6.07, 6.45) is 1.17. The SMILES string of the molecule is CC(C)CNC(=O)[C@@H](C)N1C[C@H](N)CCC1=O. The van der Waals surface area contributed by atoms with Crippen LogP contribution in [0.15, 0.2) is 0 Å². The van der Waals surface area contributed by atoms with Crippen molar-refractivity contribution in [3.8, 4) is 0 Å². The molecule has 0 aliphatic carbocycles. The highest BCUT2D eigenvalue weighted by Gasteiger charge is 2.30. The van der Waals surface area contributed by atoms with Gasteiger partial charge >= 0.3 is 0 Å². The number of hydrogen-bond donors (Lipinski definition) is 2. The van der Waals surface area contributed by atoms with Gasteiger partial charge < -0.3 is 16.0 Å². The van der Waals surface area contributed by atoms with Gasteiger partial charge in [0.05, 0.1) is 0 Å². The number of rotatable bonds is 4. The molecule has 2 atom stereocenters. The van der Waals surface area contributed by atoms with Gasteiger partial charge in [-0.3, -0.25) is 9.59 Å². The molecule has 17 heavy (non-hydrogen) atoms. The van der Waals surface area contributed by atoms with Crippen molar-refractivity contribution in [3.05, 3.63) is 0 Å². The fourth-order valence-corrected chi connectivity index (χ4v) is 1.87. The second-order valence-electron chi connectivity index (χ2n) is 5.16. The predicted molar refractivity (Wildman–Crippen MR) is 66.2 cm³/mol. The number of piperidine rings is 1. The van der Waals surface area contributed by atoms with E-state index in [2.05, 4.69) is 5.32 Å². The molecule has 5 heteroatoms. The first kappa shape index (κ1) is 14.0. The zero-order valence-corrected chi connectivity index (χ0v) is 10.9. The number of amides is 2. The van der Waals surface area contributed by atoms with Gasteiger partial charge in [-0.05, 0) is 19.3 Å². The van der Waals surface area contributed by atoms with Crippen molar-refractivity contribution in [1.82, 2.24) is 10.2 Å². The number of hydrogen-bond acceptors (Lipinski definition) is 3. The number of carbonyl (C=O) groups is 2. The Morgan fingerprint density at radius 1 is 1.53 bits per heavy atom. The first-order valence-corrected chi connectivity index (χ1v) is 6.24. The van der Waals surface area contributed by atoms with Crippen molar-refractivity contribution in [2.45, 2.75) is 45.7 Å². The van der Waals surface area contributed by atoms with Crippen molar-refractivity contribution in [1.29, 1.82) is 0 Å². The molecule has 1 aliphatic heterocycles. The third-order valence-electron chi connectivity index (χ3n) is 3.01. The molecule has 0 spiro atoms. The fraction of sp³-hybridized carbons (Fsp3) is 0.833. The van der Waals surface area contributed by atoms with Crippen LogP contribution in [0.3, 0.4) is 0 Å². The van der Waals surface area contributed by atoms with E-state index >= 15 is 0 Å². The van der Waals surface area contributed by atoms with Crippen molar-refractivity contribution >= 4 is 11.8 Å². The molecule has 98 valence electrons. The Hall–Kier alpha value is -1.10. The number of nitrogens with one attached hydrogen (secondary N) is 1. The van der Waals surface area contributed by atoms with Crippen LogP contribution >= 0.6 is 0 Å². The van der Waals surface area contributed by atoms with Crippen LogP contribution in [0.4, 0.5) is 0 Å². The van der Waals surface area contributed by atoms with Crippen LogP contribution in [0, 0.1) is 5.92 Å². The first-order chi connectivity index (χ1) is 7.91. The van der Waals surface area contributed by atoms with Gasteiger partial charge in [0, 0.05) is 25.6 Å². The van der Waals surface area contributed by atoms with E-state index in [0.717, 1.165) is 6.42 Å². The third-order valence-corrected chi connectivity index (χ3v) is 3.01. The van der Waals surface area contributed by atoms with Crippen molar-refractivity contribution in [2.75, 3.05) is 13.1 Å². The van der Waals surface area contributed by atoms with Gasteiger partial charge in [0.2, 0.25) is 11.8 Å². The Morgan fingerprint density at radius 2 is 2.18 bits per heavy atom. The molecule has 1 saturated heterocycles. The molecule has 3 N–H and O–H groups in total. The minimum atomic E-state index is -0.424. The zero-order valence-electron chi connectivity index (χ0n) is 10.9. The van der Waals surface area contributed by atoms with Crippen molar-refractivity contribution in [3.63, 3.8) is 0 Å². The standard InChI is InChI=1S/C12H23N3O2/c1-8(2)6-14-12(17)9(3)15-7-10(13)4-5-11(15)16/h8-10H,4-7,13H2,1-3H3,(H,14,17)/t9-,10-/m1/s1. The van der Waals surface area contributed by atoms with Crippen molar-refractivity contribution < 1.29 is 9.59 Å². The largest absolute Gasteiger partial charge is 0.354 e. The first-order valence-electron chi connectivity index (χ1n) is 6.24. The van der Waals surface area contributed by atoms with Crippen LogP contribution in [0.25, 0.3) is 0 Å². The normalized spacial score (nSPS) is 22.8. The summed E-state index contributed by atoms with van der Waals surface area (Å²) in [6.45, 7) is 6.94. The summed E-state index contributed by atoms with van der Waals surface area (Å²) in [5, 5.41) is 2.84. The lowest BCUT2D eigenvalue weighted by Gasteiger charge is -2.34. The average Bonchev–Trinajstić information content (AvgIpc) is 2.28. The van der Waals surface area contributed by atoms with E-state index in [0.29, 0.717) is 25.4 Å². The van der Waals surface area contributed by atoms with Gasteiger partial charge in [-0.1, -0.05) is 13.8 Å². The summed E-state index contributed by atoms with van der Waals surface area (Å²) in [7, 11) is 0. The van der Waals surface area contributed by atoms with E-state index in [1.54, 1.807) is 11.8 Å². The maximum atomic E-state index is 11.9. The van der Waals surface area contributed by atoms with Crippen LogP contribution in [0.2, 0.25) is 0 Å².